The monoisotopic (exact) mass is 510 g/mol. The maximum Gasteiger partial charge on any atom is 0.191 e. The minimum atomic E-state index is 0. The topological polar surface area (TPSA) is 58.1 Å². The molecule has 0 amide bonds. The lowest BCUT2D eigenvalue weighted by molar-refractivity contribution is 0.0420. The van der Waals surface area contributed by atoms with Gasteiger partial charge in [-0.25, -0.2) is 0 Å². The number of rotatable bonds is 10. The normalized spacial score (nSPS) is 22.9. The van der Waals surface area contributed by atoms with Gasteiger partial charge < -0.3 is 20.1 Å². The summed E-state index contributed by atoms with van der Waals surface area (Å²) in [7, 11) is 0. The second-order valence-electron chi connectivity index (χ2n) is 8.39. The van der Waals surface area contributed by atoms with Crippen molar-refractivity contribution in [1.29, 1.82) is 0 Å². The fraction of sp³-hybridized carbons (Fsp3) is 0.952. The SMILES string of the molecule is CCNC(=NCC(C(C)C)N1CCC(C)CC1)NCCCOC1CCOC1.I. The standard InChI is InChI=1S/C21H42N4O2.HI/c1-5-22-21(23-10-6-13-27-19-9-14-26-16-19)24-15-20(17(2)3)25-11-7-18(4)8-12-25;/h17-20H,5-16H2,1-4H3,(H2,22,23,24);1H. The van der Waals surface area contributed by atoms with Gasteiger partial charge >= 0.3 is 0 Å². The lowest BCUT2D eigenvalue weighted by Gasteiger charge is -2.38. The van der Waals surface area contributed by atoms with Crippen LogP contribution in [0.1, 0.15) is 53.4 Å². The summed E-state index contributed by atoms with van der Waals surface area (Å²) in [5.74, 6) is 2.42. The van der Waals surface area contributed by atoms with Crippen LogP contribution in [0.2, 0.25) is 0 Å². The molecule has 0 radical (unpaired) electrons. The van der Waals surface area contributed by atoms with Gasteiger partial charge in [-0.2, -0.15) is 0 Å². The van der Waals surface area contributed by atoms with Crippen LogP contribution in [0, 0.1) is 11.8 Å². The molecule has 0 bridgehead atoms. The van der Waals surface area contributed by atoms with Crippen LogP contribution in [0.4, 0.5) is 0 Å². The number of likely N-dealkylation sites (tertiary alicyclic amines) is 1. The molecular weight excluding hydrogens is 467 g/mol. The molecule has 0 aliphatic carbocycles. The van der Waals surface area contributed by atoms with Gasteiger partial charge in [0, 0.05) is 32.3 Å². The third-order valence-corrected chi connectivity index (χ3v) is 5.69. The molecule has 2 aliphatic rings. The summed E-state index contributed by atoms with van der Waals surface area (Å²) in [5, 5.41) is 6.84. The number of hydrogen-bond acceptors (Lipinski definition) is 4. The molecule has 0 saturated carbocycles. The molecule has 6 nitrogen and oxygen atoms in total. The van der Waals surface area contributed by atoms with Gasteiger partial charge in [-0.15, -0.1) is 24.0 Å². The van der Waals surface area contributed by atoms with Gasteiger partial charge in [-0.1, -0.05) is 20.8 Å². The number of hydrogen-bond donors (Lipinski definition) is 2. The Morgan fingerprint density at radius 2 is 1.96 bits per heavy atom. The molecule has 2 fully saturated rings. The van der Waals surface area contributed by atoms with E-state index in [0.717, 1.165) is 64.2 Å². The second kappa shape index (κ2) is 14.8. The molecule has 28 heavy (non-hydrogen) atoms. The van der Waals surface area contributed by atoms with Crippen molar-refractivity contribution in [3.8, 4) is 0 Å². The second-order valence-corrected chi connectivity index (χ2v) is 8.39. The molecule has 166 valence electrons. The number of aliphatic imine (C=N–C) groups is 1. The summed E-state index contributed by atoms with van der Waals surface area (Å²) >= 11 is 0. The number of guanidine groups is 1. The Morgan fingerprint density at radius 3 is 2.57 bits per heavy atom. The summed E-state index contributed by atoms with van der Waals surface area (Å²) in [6, 6.07) is 0.527. The molecule has 0 aromatic carbocycles. The van der Waals surface area contributed by atoms with Crippen LogP contribution in [-0.4, -0.2) is 75.5 Å². The average molecular weight is 511 g/mol. The van der Waals surface area contributed by atoms with Gasteiger partial charge in [-0.05, 0) is 57.5 Å². The summed E-state index contributed by atoms with van der Waals surface area (Å²) in [6.45, 7) is 16.6. The number of halogens is 1. The van der Waals surface area contributed by atoms with E-state index in [2.05, 4.69) is 43.2 Å². The summed E-state index contributed by atoms with van der Waals surface area (Å²) in [6.07, 6.45) is 4.95. The van der Waals surface area contributed by atoms with Gasteiger partial charge in [0.2, 0.25) is 0 Å². The first-order valence-electron chi connectivity index (χ1n) is 11.1. The summed E-state index contributed by atoms with van der Waals surface area (Å²) in [5.41, 5.74) is 0. The van der Waals surface area contributed by atoms with Crippen LogP contribution in [0.25, 0.3) is 0 Å². The van der Waals surface area contributed by atoms with E-state index in [1.807, 2.05) is 0 Å². The Bertz CT molecular complexity index is 423. The maximum atomic E-state index is 5.83. The Morgan fingerprint density at radius 1 is 1.21 bits per heavy atom. The Kier molecular flexibility index (Phi) is 13.7. The van der Waals surface area contributed by atoms with E-state index in [4.69, 9.17) is 14.5 Å². The van der Waals surface area contributed by atoms with E-state index in [0.29, 0.717) is 18.1 Å². The van der Waals surface area contributed by atoms with Crippen molar-refractivity contribution in [1.82, 2.24) is 15.5 Å². The lowest BCUT2D eigenvalue weighted by atomic mass is 9.94. The third-order valence-electron chi connectivity index (χ3n) is 5.69. The molecule has 2 atom stereocenters. The first-order valence-corrected chi connectivity index (χ1v) is 11.1. The van der Waals surface area contributed by atoms with E-state index in [9.17, 15) is 0 Å². The minimum absolute atomic E-state index is 0. The average Bonchev–Trinajstić information content (AvgIpc) is 3.16. The van der Waals surface area contributed by atoms with Crippen LogP contribution < -0.4 is 10.6 Å². The predicted molar refractivity (Wildman–Crippen MR) is 128 cm³/mol. The number of nitrogens with one attached hydrogen (secondary N) is 2. The van der Waals surface area contributed by atoms with Crippen LogP contribution in [0.15, 0.2) is 4.99 Å². The van der Waals surface area contributed by atoms with E-state index < -0.39 is 0 Å². The fourth-order valence-electron chi connectivity index (χ4n) is 3.81. The van der Waals surface area contributed by atoms with Crippen molar-refractivity contribution < 1.29 is 9.47 Å². The van der Waals surface area contributed by atoms with Gasteiger partial charge in [0.1, 0.15) is 0 Å². The highest BCUT2D eigenvalue weighted by Gasteiger charge is 2.25. The fourth-order valence-corrected chi connectivity index (χ4v) is 3.81. The molecule has 0 spiro atoms. The zero-order valence-corrected chi connectivity index (χ0v) is 20.7. The van der Waals surface area contributed by atoms with Crippen molar-refractivity contribution in [2.75, 3.05) is 52.5 Å². The molecular formula is C21H43IN4O2. The van der Waals surface area contributed by atoms with Gasteiger partial charge in [0.15, 0.2) is 5.96 Å². The zero-order valence-electron chi connectivity index (χ0n) is 18.4. The third kappa shape index (κ3) is 9.59. The Hall–Kier alpha value is -0.120. The van der Waals surface area contributed by atoms with Crippen LogP contribution in [0.5, 0.6) is 0 Å². The highest BCUT2D eigenvalue weighted by atomic mass is 127. The smallest absolute Gasteiger partial charge is 0.191 e. The van der Waals surface area contributed by atoms with Gasteiger partial charge in [0.25, 0.3) is 0 Å². The van der Waals surface area contributed by atoms with Gasteiger partial charge in [-0.3, -0.25) is 9.89 Å². The molecule has 2 aliphatic heterocycles. The Balaban J connectivity index is 0.00000392. The minimum Gasteiger partial charge on any atom is -0.379 e. The van der Waals surface area contributed by atoms with Crippen molar-refractivity contribution >= 4 is 29.9 Å². The molecule has 2 saturated heterocycles. The highest BCUT2D eigenvalue weighted by molar-refractivity contribution is 14.0. The zero-order chi connectivity index (χ0) is 19.5. The summed E-state index contributed by atoms with van der Waals surface area (Å²) < 4.78 is 11.2. The molecule has 0 aromatic heterocycles. The summed E-state index contributed by atoms with van der Waals surface area (Å²) in [4.78, 5) is 7.54. The highest BCUT2D eigenvalue weighted by Crippen LogP contribution is 2.21. The van der Waals surface area contributed by atoms with Crippen molar-refractivity contribution in [3.63, 3.8) is 0 Å². The molecule has 0 aromatic rings. The van der Waals surface area contributed by atoms with Crippen molar-refractivity contribution in [3.05, 3.63) is 0 Å². The molecule has 2 rings (SSSR count). The molecule has 7 heteroatoms. The molecule has 2 unspecified atom stereocenters. The van der Waals surface area contributed by atoms with Crippen LogP contribution in [-0.2, 0) is 9.47 Å². The van der Waals surface area contributed by atoms with Gasteiger partial charge in [0.05, 0.1) is 19.3 Å². The largest absolute Gasteiger partial charge is 0.379 e. The number of piperidine rings is 1. The quantitative estimate of drug-likeness (QED) is 0.205. The number of nitrogens with zero attached hydrogens (tertiary/aromatic N) is 2. The van der Waals surface area contributed by atoms with Crippen LogP contribution >= 0.6 is 24.0 Å². The first kappa shape index (κ1) is 25.9. The first-order chi connectivity index (χ1) is 13.1. The molecule has 2 N–H and O–H groups in total. The number of ether oxygens (including phenoxy) is 2. The Labute approximate surface area is 189 Å². The van der Waals surface area contributed by atoms with Crippen molar-refractivity contribution in [2.45, 2.75) is 65.5 Å². The van der Waals surface area contributed by atoms with E-state index in [-0.39, 0.29) is 24.0 Å². The maximum absolute atomic E-state index is 5.83. The van der Waals surface area contributed by atoms with E-state index in [1.165, 1.54) is 25.9 Å². The van der Waals surface area contributed by atoms with E-state index in [1.54, 1.807) is 0 Å². The predicted octanol–water partition coefficient (Wildman–Crippen LogP) is 3.11. The molecule has 2 heterocycles. The van der Waals surface area contributed by atoms with Crippen LogP contribution in [0.3, 0.4) is 0 Å². The lowest BCUT2D eigenvalue weighted by Crippen LogP contribution is -2.46. The van der Waals surface area contributed by atoms with E-state index >= 15 is 0 Å². The van der Waals surface area contributed by atoms with Crippen molar-refractivity contribution in [2.24, 2.45) is 16.8 Å².